The Morgan fingerprint density at radius 3 is 2.27 bits per heavy atom. The number of carbonyl (C=O) groups is 2. The number of amides is 1. The van der Waals surface area contributed by atoms with Crippen LogP contribution in [0.1, 0.15) is 80.5 Å². The number of hydrogen-bond donors (Lipinski definition) is 1. The Morgan fingerprint density at radius 1 is 0.792 bits per heavy atom. The zero-order valence-corrected chi connectivity index (χ0v) is 27.6. The van der Waals surface area contributed by atoms with Crippen LogP contribution in [0.5, 0.6) is 0 Å². The van der Waals surface area contributed by atoms with Gasteiger partial charge < -0.3 is 5.32 Å². The van der Waals surface area contributed by atoms with Gasteiger partial charge in [-0.15, -0.1) is 0 Å². The number of rotatable bonds is 12. The Labute approximate surface area is 283 Å². The van der Waals surface area contributed by atoms with Gasteiger partial charge in [0.2, 0.25) is 0 Å². The fourth-order valence-corrected chi connectivity index (χ4v) is 7.28. The minimum atomic E-state index is -0.357. The second-order valence-corrected chi connectivity index (χ2v) is 13.3. The van der Waals surface area contributed by atoms with Gasteiger partial charge in [-0.1, -0.05) is 109 Å². The molecule has 0 saturated carbocycles. The van der Waals surface area contributed by atoms with Crippen LogP contribution in [0, 0.1) is 12.2 Å². The van der Waals surface area contributed by atoms with Crippen molar-refractivity contribution in [1.29, 1.82) is 0 Å². The predicted octanol–water partition coefficient (Wildman–Crippen LogP) is 10.9. The molecule has 4 aromatic carbocycles. The van der Waals surface area contributed by atoms with Crippen molar-refractivity contribution in [3.8, 4) is 22.3 Å². The molecule has 241 valence electrons. The molecule has 1 radical (unpaired) electrons. The van der Waals surface area contributed by atoms with E-state index in [2.05, 4.69) is 55.1 Å². The molecule has 0 bridgehead atoms. The SMILES string of the molecule is CCC/C(CCc1cccc(CC(=O)CC2=CCCCC2)c1)=C1/C(=O)Nc2cc(F)c(-c3ccc(-c4ccccc4C4=C[CH]4)cc3)cc21. The van der Waals surface area contributed by atoms with E-state index >= 15 is 4.39 Å². The van der Waals surface area contributed by atoms with Crippen LogP contribution in [0.25, 0.3) is 33.4 Å². The zero-order valence-electron chi connectivity index (χ0n) is 27.6. The van der Waals surface area contributed by atoms with E-state index in [0.29, 0.717) is 29.7 Å². The van der Waals surface area contributed by atoms with Crippen molar-refractivity contribution in [2.45, 2.75) is 71.1 Å². The van der Waals surface area contributed by atoms with Gasteiger partial charge in [0, 0.05) is 36.0 Å². The summed E-state index contributed by atoms with van der Waals surface area (Å²) in [6.45, 7) is 2.12. The molecule has 48 heavy (non-hydrogen) atoms. The maximum absolute atomic E-state index is 15.6. The Bertz CT molecular complexity index is 1980. The highest BCUT2D eigenvalue weighted by Crippen LogP contribution is 2.41. The summed E-state index contributed by atoms with van der Waals surface area (Å²) in [5.41, 5.74) is 12.5. The number of allylic oxidation sites excluding steroid dienone is 5. The van der Waals surface area contributed by atoms with E-state index < -0.39 is 0 Å². The molecule has 4 heteroatoms. The van der Waals surface area contributed by atoms with Crippen molar-refractivity contribution in [3.05, 3.63) is 143 Å². The van der Waals surface area contributed by atoms with Crippen LogP contribution in [-0.2, 0) is 22.4 Å². The number of hydrogen-bond acceptors (Lipinski definition) is 2. The average Bonchev–Trinajstić information content (AvgIpc) is 3.90. The molecule has 0 spiro atoms. The molecule has 0 atom stereocenters. The van der Waals surface area contributed by atoms with Gasteiger partial charge in [0.25, 0.3) is 5.91 Å². The van der Waals surface area contributed by atoms with Crippen LogP contribution >= 0.6 is 0 Å². The largest absolute Gasteiger partial charge is 0.321 e. The second-order valence-electron chi connectivity index (χ2n) is 13.3. The van der Waals surface area contributed by atoms with Gasteiger partial charge in [-0.25, -0.2) is 4.39 Å². The van der Waals surface area contributed by atoms with Crippen LogP contribution < -0.4 is 5.32 Å². The monoisotopic (exact) mass is 634 g/mol. The maximum atomic E-state index is 15.6. The van der Waals surface area contributed by atoms with Crippen LogP contribution in [-0.4, -0.2) is 11.7 Å². The average molecular weight is 635 g/mol. The third-order valence-electron chi connectivity index (χ3n) is 9.75. The van der Waals surface area contributed by atoms with Crippen LogP contribution in [0.2, 0.25) is 0 Å². The Balaban J connectivity index is 1.11. The number of aryl methyl sites for hydroxylation is 1. The third kappa shape index (κ3) is 7.04. The smallest absolute Gasteiger partial charge is 0.256 e. The lowest BCUT2D eigenvalue weighted by atomic mass is 9.90. The second kappa shape index (κ2) is 14.1. The summed E-state index contributed by atoms with van der Waals surface area (Å²) in [5, 5.41) is 2.93. The molecular weight excluding hydrogens is 593 g/mol. The van der Waals surface area contributed by atoms with Crippen molar-refractivity contribution in [2.24, 2.45) is 0 Å². The number of carbonyl (C=O) groups excluding carboxylic acids is 2. The zero-order chi connectivity index (χ0) is 33.0. The molecule has 1 aliphatic heterocycles. The molecule has 4 aromatic rings. The van der Waals surface area contributed by atoms with Crippen molar-refractivity contribution < 1.29 is 14.0 Å². The number of benzene rings is 4. The molecule has 2 aliphatic carbocycles. The Kier molecular flexibility index (Phi) is 9.34. The first kappa shape index (κ1) is 31.8. The van der Waals surface area contributed by atoms with Crippen LogP contribution in [0.3, 0.4) is 0 Å². The number of anilines is 1. The van der Waals surface area contributed by atoms with Crippen LogP contribution in [0.4, 0.5) is 10.1 Å². The van der Waals surface area contributed by atoms with E-state index in [1.807, 2.05) is 54.6 Å². The molecular formula is C44H41FNO2. The van der Waals surface area contributed by atoms with Gasteiger partial charge in [0.05, 0.1) is 5.69 Å². The van der Waals surface area contributed by atoms with Crippen molar-refractivity contribution in [1.82, 2.24) is 0 Å². The predicted molar refractivity (Wildman–Crippen MR) is 195 cm³/mol. The van der Waals surface area contributed by atoms with Gasteiger partial charge in [-0.2, -0.15) is 0 Å². The number of ketones is 1. The summed E-state index contributed by atoms with van der Waals surface area (Å²) in [6.07, 6.45) is 15.2. The normalized spacial score (nSPS) is 16.2. The highest BCUT2D eigenvalue weighted by atomic mass is 19.1. The summed E-state index contributed by atoms with van der Waals surface area (Å²) < 4.78 is 15.6. The van der Waals surface area contributed by atoms with E-state index in [4.69, 9.17) is 0 Å². The fraction of sp³-hybridized carbons (Fsp3) is 0.250. The fourth-order valence-electron chi connectivity index (χ4n) is 7.28. The molecule has 1 amide bonds. The summed E-state index contributed by atoms with van der Waals surface area (Å²) in [4.78, 5) is 26.2. The topological polar surface area (TPSA) is 46.2 Å². The van der Waals surface area contributed by atoms with E-state index in [1.54, 1.807) is 0 Å². The summed E-state index contributed by atoms with van der Waals surface area (Å²) >= 11 is 0. The first-order chi connectivity index (χ1) is 23.5. The summed E-state index contributed by atoms with van der Waals surface area (Å²) in [6, 6.07) is 27.9. The molecule has 7 rings (SSSR count). The number of fused-ring (bicyclic) bond motifs is 1. The quantitative estimate of drug-likeness (QED) is 0.124. The Hall–Kier alpha value is -4.83. The standard InChI is InChI=1S/C44H41FNO2/c1-2-9-35(17-16-30-12-8-13-31(24-30)26-36(47)25-29-10-4-3-5-11-29)43-40-27-39(41(45)28-42(40)46-44(43)48)34-22-20-33(21-23-34)38-15-7-6-14-37(38)32-18-19-32/h6-8,10,12-15,18-24,27-28H,2-5,9,11,16-17,25-26H2,1H3,(H,46,48)/b43-35-. The van der Waals surface area contributed by atoms with E-state index in [-0.39, 0.29) is 17.5 Å². The third-order valence-corrected chi connectivity index (χ3v) is 9.75. The minimum Gasteiger partial charge on any atom is -0.321 e. The Morgan fingerprint density at radius 2 is 1.54 bits per heavy atom. The maximum Gasteiger partial charge on any atom is 0.256 e. The van der Waals surface area contributed by atoms with Crippen molar-refractivity contribution in [2.75, 3.05) is 5.32 Å². The molecule has 0 aromatic heterocycles. The van der Waals surface area contributed by atoms with Gasteiger partial charge in [-0.05, 0) is 96.0 Å². The number of Topliss-reactive ketones (excluding diaryl/α,β-unsaturated/α-hetero) is 1. The minimum absolute atomic E-state index is 0.167. The summed E-state index contributed by atoms with van der Waals surface area (Å²) in [7, 11) is 0. The van der Waals surface area contributed by atoms with Crippen LogP contribution in [0.15, 0.2) is 108 Å². The highest BCUT2D eigenvalue weighted by Gasteiger charge is 2.29. The molecule has 3 nitrogen and oxygen atoms in total. The van der Waals surface area contributed by atoms with E-state index in [0.717, 1.165) is 77.5 Å². The van der Waals surface area contributed by atoms with Gasteiger partial charge in [-0.3, -0.25) is 9.59 Å². The van der Waals surface area contributed by atoms with Crippen molar-refractivity contribution >= 4 is 28.5 Å². The van der Waals surface area contributed by atoms with Gasteiger partial charge in [0.1, 0.15) is 11.6 Å². The lowest BCUT2D eigenvalue weighted by Gasteiger charge is -2.13. The van der Waals surface area contributed by atoms with Gasteiger partial charge in [0.15, 0.2) is 0 Å². The lowest BCUT2D eigenvalue weighted by Crippen LogP contribution is -2.07. The lowest BCUT2D eigenvalue weighted by molar-refractivity contribution is -0.117. The molecule has 1 heterocycles. The molecule has 1 N–H and O–H groups in total. The van der Waals surface area contributed by atoms with Crippen molar-refractivity contribution in [3.63, 3.8) is 0 Å². The molecule has 0 saturated heterocycles. The first-order valence-electron chi connectivity index (χ1n) is 17.4. The molecule has 0 unspecified atom stereocenters. The van der Waals surface area contributed by atoms with E-state index in [9.17, 15) is 9.59 Å². The number of halogens is 1. The summed E-state index contributed by atoms with van der Waals surface area (Å²) in [5.74, 6) is -0.255. The first-order valence-corrected chi connectivity index (χ1v) is 17.4. The van der Waals surface area contributed by atoms with E-state index in [1.165, 1.54) is 35.6 Å². The molecule has 0 fully saturated rings. The molecule has 3 aliphatic rings. The van der Waals surface area contributed by atoms with Gasteiger partial charge >= 0.3 is 0 Å². The highest BCUT2D eigenvalue weighted by molar-refractivity contribution is 6.32. The number of nitrogens with one attached hydrogen (secondary N) is 1.